The molecule has 0 unspecified atom stereocenters. The minimum Gasteiger partial charge on any atom is -0.354 e. The van der Waals surface area contributed by atoms with Crippen LogP contribution in [0.1, 0.15) is 17.5 Å². The smallest absolute Gasteiger partial charge is 0.321 e. The van der Waals surface area contributed by atoms with Gasteiger partial charge in [0.2, 0.25) is 0 Å². The van der Waals surface area contributed by atoms with Crippen molar-refractivity contribution in [1.29, 1.82) is 0 Å². The molecule has 3 N–H and O–H groups in total. The van der Waals surface area contributed by atoms with E-state index in [0.717, 1.165) is 29.9 Å². The van der Waals surface area contributed by atoms with Gasteiger partial charge in [-0.25, -0.2) is 9.18 Å². The summed E-state index contributed by atoms with van der Waals surface area (Å²) < 4.78 is 13.7. The van der Waals surface area contributed by atoms with E-state index in [9.17, 15) is 14.0 Å². The van der Waals surface area contributed by atoms with Crippen molar-refractivity contribution in [2.75, 3.05) is 49.8 Å². The lowest BCUT2D eigenvalue weighted by molar-refractivity contribution is -0.110. The Labute approximate surface area is 210 Å². The number of halogens is 1. The summed E-state index contributed by atoms with van der Waals surface area (Å²) in [5.74, 6) is -0.713. The molecule has 0 bridgehead atoms. The molecule has 8 heteroatoms. The van der Waals surface area contributed by atoms with E-state index in [1.165, 1.54) is 12.1 Å². The molecule has 1 heterocycles. The van der Waals surface area contributed by atoms with Crippen LogP contribution in [0.4, 0.5) is 26.2 Å². The van der Waals surface area contributed by atoms with E-state index in [1.54, 1.807) is 18.0 Å². The maximum atomic E-state index is 13.7. The molecule has 186 valence electrons. The molecular weight excluding hydrogens is 457 g/mol. The minimum atomic E-state index is -0.411. The van der Waals surface area contributed by atoms with Gasteiger partial charge in [0.25, 0.3) is 5.91 Å². The average molecular weight is 488 g/mol. The fraction of sp³-hybridized carbons (Fsp3) is 0.214. The lowest BCUT2D eigenvalue weighted by atomic mass is 10.00. The topological polar surface area (TPSA) is 76.7 Å². The molecule has 0 saturated carbocycles. The molecule has 3 aromatic carbocycles. The van der Waals surface area contributed by atoms with Crippen LogP contribution < -0.4 is 20.9 Å². The van der Waals surface area contributed by atoms with Crippen LogP contribution in [0.15, 0.2) is 72.8 Å². The lowest BCUT2D eigenvalue weighted by Gasteiger charge is -2.20. The molecule has 3 aromatic rings. The zero-order valence-corrected chi connectivity index (χ0v) is 20.6. The number of urea groups is 1. The SMILES string of the molecule is CN(C)CCCNC(=O)N(C)c1ccc(NC(=C2C(=O)Nc3cc(F)ccc32)c2ccccc2)cc1. The number of amides is 3. The van der Waals surface area contributed by atoms with Crippen LogP contribution in [0.2, 0.25) is 0 Å². The minimum absolute atomic E-state index is 0.173. The highest BCUT2D eigenvalue weighted by Gasteiger charge is 2.28. The van der Waals surface area contributed by atoms with Crippen molar-refractivity contribution in [3.05, 3.63) is 89.7 Å². The van der Waals surface area contributed by atoms with Crippen molar-refractivity contribution in [2.24, 2.45) is 0 Å². The predicted molar refractivity (Wildman–Crippen MR) is 143 cm³/mol. The van der Waals surface area contributed by atoms with Crippen molar-refractivity contribution in [2.45, 2.75) is 6.42 Å². The monoisotopic (exact) mass is 487 g/mol. The summed E-state index contributed by atoms with van der Waals surface area (Å²) >= 11 is 0. The average Bonchev–Trinajstić information content (AvgIpc) is 3.19. The van der Waals surface area contributed by atoms with Gasteiger partial charge in [0.15, 0.2) is 0 Å². The molecule has 3 amide bonds. The standard InChI is InChI=1S/C28H30FN5O2/c1-33(2)17-7-16-30-28(36)34(3)22-13-11-21(12-14-22)31-26(19-8-5-4-6-9-19)25-23-15-10-20(29)18-24(23)32-27(25)35/h4-6,8-15,18,31H,7,16-17H2,1-3H3,(H,30,36)(H,32,35). The first-order valence-corrected chi connectivity index (χ1v) is 11.8. The fourth-order valence-corrected chi connectivity index (χ4v) is 4.02. The quantitative estimate of drug-likeness (QED) is 0.313. The number of carbonyl (C=O) groups is 2. The highest BCUT2D eigenvalue weighted by Crippen LogP contribution is 2.38. The Morgan fingerprint density at radius 1 is 0.972 bits per heavy atom. The molecule has 36 heavy (non-hydrogen) atoms. The van der Waals surface area contributed by atoms with Crippen LogP contribution >= 0.6 is 0 Å². The molecular formula is C28H30FN5O2. The van der Waals surface area contributed by atoms with E-state index in [0.29, 0.717) is 29.1 Å². The number of fused-ring (bicyclic) bond motifs is 1. The summed E-state index contributed by atoms with van der Waals surface area (Å²) in [7, 11) is 5.72. The van der Waals surface area contributed by atoms with Crippen LogP contribution in [0.3, 0.4) is 0 Å². The number of hydrogen-bond acceptors (Lipinski definition) is 4. The van der Waals surface area contributed by atoms with Crippen molar-refractivity contribution in [1.82, 2.24) is 10.2 Å². The summed E-state index contributed by atoms with van der Waals surface area (Å²) in [5.41, 5.74) is 4.42. The third-order valence-electron chi connectivity index (χ3n) is 5.93. The maximum Gasteiger partial charge on any atom is 0.321 e. The Morgan fingerprint density at radius 3 is 2.39 bits per heavy atom. The predicted octanol–water partition coefficient (Wildman–Crippen LogP) is 4.86. The van der Waals surface area contributed by atoms with E-state index in [2.05, 4.69) is 20.9 Å². The third kappa shape index (κ3) is 5.72. The Morgan fingerprint density at radius 2 is 1.69 bits per heavy atom. The number of anilines is 3. The Bertz CT molecular complexity index is 1270. The highest BCUT2D eigenvalue weighted by atomic mass is 19.1. The van der Waals surface area contributed by atoms with Gasteiger partial charge in [0.05, 0.1) is 17.0 Å². The summed E-state index contributed by atoms with van der Waals surface area (Å²) in [6.45, 7) is 1.50. The first-order chi connectivity index (χ1) is 17.3. The molecule has 4 rings (SSSR count). The lowest BCUT2D eigenvalue weighted by Crippen LogP contribution is -2.38. The van der Waals surface area contributed by atoms with E-state index < -0.39 is 5.82 Å². The molecule has 0 radical (unpaired) electrons. The number of nitrogens with zero attached hydrogens (tertiary/aromatic N) is 2. The van der Waals surface area contributed by atoms with E-state index in [-0.39, 0.29) is 11.9 Å². The summed E-state index contributed by atoms with van der Waals surface area (Å²) in [6, 6.07) is 21.0. The Kier molecular flexibility index (Phi) is 7.65. The van der Waals surface area contributed by atoms with Gasteiger partial charge in [0.1, 0.15) is 5.82 Å². The van der Waals surface area contributed by atoms with Crippen LogP contribution in [-0.2, 0) is 4.79 Å². The van der Waals surface area contributed by atoms with E-state index in [4.69, 9.17) is 0 Å². The molecule has 0 fully saturated rings. The van der Waals surface area contributed by atoms with Crippen LogP contribution in [0, 0.1) is 5.82 Å². The van der Waals surface area contributed by atoms with Crippen LogP contribution in [-0.4, -0.2) is 51.1 Å². The molecule has 7 nitrogen and oxygen atoms in total. The molecule has 1 aliphatic rings. The van der Waals surface area contributed by atoms with Gasteiger partial charge in [-0.3, -0.25) is 9.69 Å². The van der Waals surface area contributed by atoms with Crippen molar-refractivity contribution in [3.63, 3.8) is 0 Å². The molecule has 0 aliphatic carbocycles. The number of benzene rings is 3. The summed E-state index contributed by atoms with van der Waals surface area (Å²) in [6.07, 6.45) is 0.871. The number of hydrogen-bond donors (Lipinski definition) is 3. The first-order valence-electron chi connectivity index (χ1n) is 11.8. The van der Waals surface area contributed by atoms with Gasteiger partial charge in [-0.05, 0) is 75.1 Å². The molecule has 0 spiro atoms. The Balaban J connectivity index is 1.56. The fourth-order valence-electron chi connectivity index (χ4n) is 4.02. The molecule has 0 saturated heterocycles. The highest BCUT2D eigenvalue weighted by molar-refractivity contribution is 6.37. The second kappa shape index (κ2) is 11.0. The van der Waals surface area contributed by atoms with E-state index in [1.807, 2.05) is 68.7 Å². The number of rotatable bonds is 8. The second-order valence-corrected chi connectivity index (χ2v) is 8.88. The van der Waals surface area contributed by atoms with Crippen molar-refractivity contribution in [3.8, 4) is 0 Å². The Hall–Kier alpha value is -4.17. The number of carbonyl (C=O) groups excluding carboxylic acids is 2. The van der Waals surface area contributed by atoms with Gasteiger partial charge in [0, 0.05) is 30.5 Å². The molecule has 1 aliphatic heterocycles. The van der Waals surface area contributed by atoms with E-state index >= 15 is 0 Å². The molecule has 0 aromatic heterocycles. The van der Waals surface area contributed by atoms with Gasteiger partial charge in [-0.15, -0.1) is 0 Å². The van der Waals surface area contributed by atoms with Crippen molar-refractivity contribution >= 4 is 40.3 Å². The van der Waals surface area contributed by atoms with Gasteiger partial charge in [-0.2, -0.15) is 0 Å². The molecule has 0 atom stereocenters. The third-order valence-corrected chi connectivity index (χ3v) is 5.93. The van der Waals surface area contributed by atoms with Gasteiger partial charge < -0.3 is 20.9 Å². The van der Waals surface area contributed by atoms with Crippen LogP contribution in [0.5, 0.6) is 0 Å². The maximum absolute atomic E-state index is 13.7. The number of nitrogens with one attached hydrogen (secondary N) is 3. The van der Waals surface area contributed by atoms with Gasteiger partial charge >= 0.3 is 6.03 Å². The van der Waals surface area contributed by atoms with Gasteiger partial charge in [-0.1, -0.05) is 30.3 Å². The summed E-state index contributed by atoms with van der Waals surface area (Å²) in [5, 5.41) is 9.06. The normalized spacial score (nSPS) is 13.8. The van der Waals surface area contributed by atoms with Crippen molar-refractivity contribution < 1.29 is 14.0 Å². The van der Waals surface area contributed by atoms with Crippen LogP contribution in [0.25, 0.3) is 11.3 Å². The largest absolute Gasteiger partial charge is 0.354 e. The summed E-state index contributed by atoms with van der Waals surface area (Å²) in [4.78, 5) is 29.1. The zero-order chi connectivity index (χ0) is 25.7. The second-order valence-electron chi connectivity index (χ2n) is 8.88. The zero-order valence-electron chi connectivity index (χ0n) is 20.6. The first kappa shape index (κ1) is 24.9.